The van der Waals surface area contributed by atoms with Gasteiger partial charge in [0.05, 0.1) is 0 Å². The monoisotopic (exact) mass is 392 g/mol. The summed E-state index contributed by atoms with van der Waals surface area (Å²) in [5.41, 5.74) is 0.208. The Labute approximate surface area is 161 Å². The fraction of sp³-hybridized carbons (Fsp3) is 0.429. The second-order valence-corrected chi connectivity index (χ2v) is 8.01. The molecule has 0 aliphatic heterocycles. The summed E-state index contributed by atoms with van der Waals surface area (Å²) in [6, 6.07) is 11.5. The minimum Gasteiger partial charge on any atom is -0.508 e. The van der Waals surface area contributed by atoms with Crippen molar-refractivity contribution >= 4 is 10.1 Å². The van der Waals surface area contributed by atoms with Crippen LogP contribution in [0, 0.1) is 0 Å². The Morgan fingerprint density at radius 2 is 1.52 bits per heavy atom. The maximum Gasteiger partial charge on any atom is 0.298 e. The Balaban J connectivity index is 2.16. The van der Waals surface area contributed by atoms with Crippen molar-refractivity contribution in [3.8, 4) is 17.2 Å². The third kappa shape index (κ3) is 6.56. The molecule has 0 saturated heterocycles. The van der Waals surface area contributed by atoms with Gasteiger partial charge in [0.2, 0.25) is 0 Å². The molecule has 0 atom stereocenters. The number of phenols is 1. The van der Waals surface area contributed by atoms with Gasteiger partial charge in [-0.05, 0) is 37.1 Å². The molecule has 0 spiro atoms. The summed E-state index contributed by atoms with van der Waals surface area (Å²) in [6.45, 7) is 2.17. The average molecular weight is 393 g/mol. The SMILES string of the molecule is CCCCCCCCCc1c(O)ccc(Oc2ccccc2)c1S(=O)(=O)O. The zero-order chi connectivity index (χ0) is 19.7. The molecule has 148 valence electrons. The largest absolute Gasteiger partial charge is 0.508 e. The fourth-order valence-electron chi connectivity index (χ4n) is 3.08. The van der Waals surface area contributed by atoms with Crippen LogP contribution in [0.2, 0.25) is 0 Å². The molecule has 0 radical (unpaired) electrons. The zero-order valence-electron chi connectivity index (χ0n) is 15.7. The Morgan fingerprint density at radius 3 is 2.15 bits per heavy atom. The van der Waals surface area contributed by atoms with Gasteiger partial charge >= 0.3 is 0 Å². The van der Waals surface area contributed by atoms with Crippen LogP contribution in [0.3, 0.4) is 0 Å². The minimum absolute atomic E-state index is 0.0134. The van der Waals surface area contributed by atoms with Gasteiger partial charge in [-0.2, -0.15) is 8.42 Å². The number of unbranched alkanes of at least 4 members (excludes halogenated alkanes) is 6. The number of phenolic OH excluding ortho intramolecular Hbond substituents is 1. The normalized spacial score (nSPS) is 11.5. The molecule has 6 heteroatoms. The predicted octanol–water partition coefficient (Wildman–Crippen LogP) is 5.72. The Hall–Kier alpha value is -2.05. The first kappa shape index (κ1) is 21.3. The van der Waals surface area contributed by atoms with Crippen LogP contribution in [-0.2, 0) is 16.5 Å². The second-order valence-electron chi connectivity index (χ2n) is 6.65. The van der Waals surface area contributed by atoms with Crippen molar-refractivity contribution < 1.29 is 22.8 Å². The Bertz CT molecular complexity index is 816. The van der Waals surface area contributed by atoms with Crippen LogP contribution in [0.5, 0.6) is 17.2 Å². The molecule has 0 saturated carbocycles. The van der Waals surface area contributed by atoms with E-state index in [1.807, 2.05) is 6.07 Å². The van der Waals surface area contributed by atoms with Crippen LogP contribution in [-0.4, -0.2) is 18.1 Å². The highest BCUT2D eigenvalue weighted by atomic mass is 32.2. The van der Waals surface area contributed by atoms with Crippen molar-refractivity contribution in [2.75, 3.05) is 0 Å². The summed E-state index contributed by atoms with van der Waals surface area (Å²) in [5, 5.41) is 10.2. The topological polar surface area (TPSA) is 83.8 Å². The molecule has 2 N–H and O–H groups in total. The second kappa shape index (κ2) is 10.3. The lowest BCUT2D eigenvalue weighted by Gasteiger charge is -2.15. The van der Waals surface area contributed by atoms with Gasteiger partial charge in [0.25, 0.3) is 10.1 Å². The first-order chi connectivity index (χ1) is 12.9. The Morgan fingerprint density at radius 1 is 0.889 bits per heavy atom. The smallest absolute Gasteiger partial charge is 0.298 e. The molecule has 0 unspecified atom stereocenters. The molecular formula is C21H28O5S. The number of ether oxygens (including phenoxy) is 1. The first-order valence-electron chi connectivity index (χ1n) is 9.48. The highest BCUT2D eigenvalue weighted by molar-refractivity contribution is 7.86. The van der Waals surface area contributed by atoms with E-state index in [2.05, 4.69) is 6.92 Å². The molecule has 0 heterocycles. The van der Waals surface area contributed by atoms with E-state index in [4.69, 9.17) is 4.74 Å². The molecule has 0 aromatic heterocycles. The molecule has 2 aromatic rings. The van der Waals surface area contributed by atoms with E-state index in [0.29, 0.717) is 12.2 Å². The third-order valence-electron chi connectivity index (χ3n) is 4.46. The van der Waals surface area contributed by atoms with Gasteiger partial charge in [-0.15, -0.1) is 0 Å². The van der Waals surface area contributed by atoms with Crippen molar-refractivity contribution in [2.45, 2.75) is 63.2 Å². The van der Waals surface area contributed by atoms with Crippen LogP contribution >= 0.6 is 0 Å². The van der Waals surface area contributed by atoms with E-state index in [-0.39, 0.29) is 22.0 Å². The quantitative estimate of drug-likeness (QED) is 0.377. The number of benzene rings is 2. The minimum atomic E-state index is -4.55. The van der Waals surface area contributed by atoms with Crippen molar-refractivity contribution in [1.82, 2.24) is 0 Å². The van der Waals surface area contributed by atoms with Crippen molar-refractivity contribution in [3.05, 3.63) is 48.0 Å². The van der Waals surface area contributed by atoms with Crippen LogP contribution in [0.4, 0.5) is 0 Å². The highest BCUT2D eigenvalue weighted by Gasteiger charge is 2.24. The van der Waals surface area contributed by atoms with Gasteiger partial charge in [0.1, 0.15) is 22.1 Å². The summed E-state index contributed by atoms with van der Waals surface area (Å²) in [4.78, 5) is -0.350. The van der Waals surface area contributed by atoms with Gasteiger partial charge in [0, 0.05) is 5.56 Å². The van der Waals surface area contributed by atoms with Crippen LogP contribution in [0.15, 0.2) is 47.4 Å². The summed E-state index contributed by atoms with van der Waals surface area (Å²) >= 11 is 0. The Kier molecular flexibility index (Phi) is 8.13. The van der Waals surface area contributed by atoms with Crippen molar-refractivity contribution in [2.24, 2.45) is 0 Å². The van der Waals surface area contributed by atoms with Gasteiger partial charge < -0.3 is 9.84 Å². The fourth-order valence-corrected chi connectivity index (χ4v) is 3.96. The van der Waals surface area contributed by atoms with E-state index in [9.17, 15) is 18.1 Å². The van der Waals surface area contributed by atoms with E-state index < -0.39 is 10.1 Å². The summed E-state index contributed by atoms with van der Waals surface area (Å²) in [5.74, 6) is 0.323. The van der Waals surface area contributed by atoms with Crippen LogP contribution in [0.25, 0.3) is 0 Å². The molecule has 0 aliphatic carbocycles. The van der Waals surface area contributed by atoms with Gasteiger partial charge in [0.15, 0.2) is 0 Å². The molecular weight excluding hydrogens is 364 g/mol. The molecule has 2 aromatic carbocycles. The summed E-state index contributed by atoms with van der Waals surface area (Å²) in [7, 11) is -4.55. The number of hydrogen-bond acceptors (Lipinski definition) is 4. The molecule has 27 heavy (non-hydrogen) atoms. The van der Waals surface area contributed by atoms with Gasteiger partial charge in [-0.3, -0.25) is 4.55 Å². The number of rotatable bonds is 11. The lowest BCUT2D eigenvalue weighted by molar-refractivity contribution is 0.431. The summed E-state index contributed by atoms with van der Waals surface area (Å²) < 4.78 is 39.4. The van der Waals surface area contributed by atoms with E-state index in [1.165, 1.54) is 31.4 Å². The lowest BCUT2D eigenvalue weighted by atomic mass is 10.0. The first-order valence-corrected chi connectivity index (χ1v) is 10.9. The number of para-hydroxylation sites is 1. The third-order valence-corrected chi connectivity index (χ3v) is 5.42. The predicted molar refractivity (Wildman–Crippen MR) is 106 cm³/mol. The van der Waals surface area contributed by atoms with Crippen molar-refractivity contribution in [3.63, 3.8) is 0 Å². The standard InChI is InChI=1S/C21H28O5S/c1-2-3-4-5-6-7-11-14-18-19(22)15-16-20(21(18)27(23,24)25)26-17-12-9-8-10-13-17/h8-10,12-13,15-16,22H,2-7,11,14H2,1H3,(H,23,24,25). The maximum absolute atomic E-state index is 12.0. The number of aromatic hydroxyl groups is 1. The van der Waals surface area contributed by atoms with Crippen molar-refractivity contribution in [1.29, 1.82) is 0 Å². The molecule has 2 rings (SSSR count). The van der Waals surface area contributed by atoms with Crippen LogP contribution in [0.1, 0.15) is 57.4 Å². The average Bonchev–Trinajstić information content (AvgIpc) is 2.63. The molecule has 0 amide bonds. The van der Waals surface area contributed by atoms with Crippen LogP contribution < -0.4 is 4.74 Å². The van der Waals surface area contributed by atoms with E-state index in [1.54, 1.807) is 24.3 Å². The highest BCUT2D eigenvalue weighted by Crippen LogP contribution is 2.37. The molecule has 0 fully saturated rings. The van der Waals surface area contributed by atoms with Gasteiger partial charge in [-0.25, -0.2) is 0 Å². The molecule has 5 nitrogen and oxygen atoms in total. The maximum atomic E-state index is 12.0. The summed E-state index contributed by atoms with van der Waals surface area (Å²) in [6.07, 6.45) is 7.89. The van der Waals surface area contributed by atoms with Gasteiger partial charge in [-0.1, -0.05) is 63.6 Å². The zero-order valence-corrected chi connectivity index (χ0v) is 16.5. The van der Waals surface area contributed by atoms with E-state index in [0.717, 1.165) is 25.7 Å². The van der Waals surface area contributed by atoms with E-state index >= 15 is 0 Å². The number of hydrogen-bond donors (Lipinski definition) is 2. The molecule has 0 aliphatic rings. The molecule has 0 bridgehead atoms. The lowest BCUT2D eigenvalue weighted by Crippen LogP contribution is -2.06.